The first-order valence-electron chi connectivity index (χ1n) is 10.2. The number of rotatable bonds is 2. The van der Waals surface area contributed by atoms with Crippen molar-refractivity contribution < 1.29 is 0 Å². The zero-order valence-corrected chi connectivity index (χ0v) is 18.4. The highest BCUT2D eigenvalue weighted by Crippen LogP contribution is 2.53. The summed E-state index contributed by atoms with van der Waals surface area (Å²) in [6.07, 6.45) is 3.58. The van der Waals surface area contributed by atoms with Gasteiger partial charge >= 0.3 is 0 Å². The van der Waals surface area contributed by atoms with Crippen molar-refractivity contribution >= 4 is 17.3 Å². The number of hydrogen-bond donors (Lipinski definition) is 0. The van der Waals surface area contributed by atoms with Crippen LogP contribution in [0.2, 0.25) is 5.02 Å². The molecule has 0 fully saturated rings. The van der Waals surface area contributed by atoms with Crippen molar-refractivity contribution in [1.29, 1.82) is 5.26 Å². The van der Waals surface area contributed by atoms with Gasteiger partial charge in [0.2, 0.25) is 0 Å². The summed E-state index contributed by atoms with van der Waals surface area (Å²) in [5.74, 6) is 0. The fourth-order valence-corrected chi connectivity index (χ4v) is 4.85. The van der Waals surface area contributed by atoms with Crippen LogP contribution in [0.5, 0.6) is 0 Å². The van der Waals surface area contributed by atoms with E-state index >= 15 is 0 Å². The molecule has 4 heteroatoms. The summed E-state index contributed by atoms with van der Waals surface area (Å²) < 4.78 is 0. The third-order valence-corrected chi connectivity index (χ3v) is 6.45. The Hall–Kier alpha value is -3.92. The third-order valence-electron chi connectivity index (χ3n) is 6.23. The van der Waals surface area contributed by atoms with E-state index in [2.05, 4.69) is 54.0 Å². The molecular weight excluding hydrogens is 414 g/mol. The fourth-order valence-electron chi connectivity index (χ4n) is 4.62. The van der Waals surface area contributed by atoms with E-state index in [0.717, 1.165) is 44.5 Å². The maximum atomic E-state index is 9.44. The van der Waals surface area contributed by atoms with Gasteiger partial charge in [-0.15, -0.1) is 0 Å². The molecule has 1 aromatic heterocycles. The predicted molar refractivity (Wildman–Crippen MR) is 129 cm³/mol. The lowest BCUT2D eigenvalue weighted by atomic mass is 9.81. The molecule has 4 aromatic rings. The largest absolute Gasteiger partial charge is 0.264 e. The highest BCUT2D eigenvalue weighted by Gasteiger charge is 2.37. The van der Waals surface area contributed by atoms with E-state index < -0.39 is 0 Å². The van der Waals surface area contributed by atoms with E-state index in [1.54, 1.807) is 12.3 Å². The molecule has 0 N–H and O–H groups in total. The average molecular weight is 432 g/mol. The van der Waals surface area contributed by atoms with Crippen LogP contribution in [0.4, 0.5) is 5.69 Å². The van der Waals surface area contributed by atoms with E-state index in [-0.39, 0.29) is 5.41 Å². The summed E-state index contributed by atoms with van der Waals surface area (Å²) in [4.78, 5) is 7.95. The van der Waals surface area contributed by atoms with Crippen LogP contribution in [0.15, 0.2) is 73.1 Å². The van der Waals surface area contributed by atoms with Gasteiger partial charge in [0.25, 0.3) is 0 Å². The minimum atomic E-state index is -0.322. The number of nitrogens with zero attached hydrogens (tertiary/aromatic N) is 3. The molecule has 0 amide bonds. The molecule has 1 aliphatic carbocycles. The summed E-state index contributed by atoms with van der Waals surface area (Å²) in [7, 11) is 0. The SMILES string of the molecule is [C-]#[N+]c1cc(C#N)cc2c1-c1ccc(-c3cc(Cl)cc(-c4cccnc4)c3)cc1C2(C)C. The lowest BCUT2D eigenvalue weighted by molar-refractivity contribution is 0.660. The van der Waals surface area contributed by atoms with Crippen molar-refractivity contribution in [2.75, 3.05) is 0 Å². The molecule has 0 radical (unpaired) electrons. The smallest absolute Gasteiger partial charge is 0.196 e. The Morgan fingerprint density at radius 1 is 0.938 bits per heavy atom. The van der Waals surface area contributed by atoms with Gasteiger partial charge in [0.1, 0.15) is 0 Å². The number of fused-ring (bicyclic) bond motifs is 3. The van der Waals surface area contributed by atoms with Crippen LogP contribution in [0, 0.1) is 17.9 Å². The molecule has 0 unspecified atom stereocenters. The van der Waals surface area contributed by atoms with Crippen LogP contribution in [0.3, 0.4) is 0 Å². The summed E-state index contributed by atoms with van der Waals surface area (Å²) in [6.45, 7) is 12.0. The maximum Gasteiger partial charge on any atom is 0.196 e. The van der Waals surface area contributed by atoms with Crippen LogP contribution >= 0.6 is 11.6 Å². The number of pyridine rings is 1. The van der Waals surface area contributed by atoms with E-state index in [4.69, 9.17) is 18.2 Å². The van der Waals surface area contributed by atoms with Crippen LogP contribution in [-0.2, 0) is 5.41 Å². The Bertz CT molecular complexity index is 1470. The number of nitriles is 1. The minimum absolute atomic E-state index is 0.322. The van der Waals surface area contributed by atoms with Gasteiger partial charge in [-0.2, -0.15) is 5.26 Å². The first-order chi connectivity index (χ1) is 15.4. The monoisotopic (exact) mass is 431 g/mol. The minimum Gasteiger partial charge on any atom is -0.264 e. The molecule has 0 spiro atoms. The first kappa shape index (κ1) is 20.0. The fraction of sp³-hybridized carbons (Fsp3) is 0.107. The lowest BCUT2D eigenvalue weighted by Gasteiger charge is -2.22. The van der Waals surface area contributed by atoms with Crippen molar-refractivity contribution in [3.8, 4) is 39.4 Å². The van der Waals surface area contributed by atoms with Crippen LogP contribution in [0.1, 0.15) is 30.5 Å². The van der Waals surface area contributed by atoms with Crippen molar-refractivity contribution in [3.05, 3.63) is 106 Å². The summed E-state index contributed by atoms with van der Waals surface area (Å²) in [5, 5.41) is 10.1. The molecule has 0 aliphatic heterocycles. The van der Waals surface area contributed by atoms with Gasteiger partial charge in [-0.05, 0) is 81.4 Å². The molecule has 5 rings (SSSR count). The van der Waals surface area contributed by atoms with Crippen molar-refractivity contribution in [3.63, 3.8) is 0 Å². The van der Waals surface area contributed by atoms with Gasteiger partial charge in [-0.25, -0.2) is 4.85 Å². The van der Waals surface area contributed by atoms with Gasteiger partial charge in [0, 0.05) is 34.0 Å². The lowest BCUT2D eigenvalue weighted by Crippen LogP contribution is -2.15. The average Bonchev–Trinajstić information content (AvgIpc) is 3.05. The number of aromatic nitrogens is 1. The standard InChI is InChI=1S/C28H18ClN3/c1-28(2)24-14-18(20-11-21(13-22(29)12-20)19-5-4-8-32-16-19)6-7-23(24)27-25(28)9-17(15-30)10-26(27)31-3/h4-14,16H,1-2H3. The summed E-state index contributed by atoms with van der Waals surface area (Å²) in [5.41, 5.74) is 8.99. The third kappa shape index (κ3) is 3.07. The van der Waals surface area contributed by atoms with E-state index in [9.17, 15) is 5.26 Å². The maximum absolute atomic E-state index is 9.44. The molecule has 3 aromatic carbocycles. The molecule has 152 valence electrons. The molecule has 32 heavy (non-hydrogen) atoms. The number of benzene rings is 3. The van der Waals surface area contributed by atoms with Crippen molar-refractivity contribution in [2.24, 2.45) is 0 Å². The summed E-state index contributed by atoms with van der Waals surface area (Å²) >= 11 is 6.48. The van der Waals surface area contributed by atoms with Crippen molar-refractivity contribution in [1.82, 2.24) is 4.98 Å². The van der Waals surface area contributed by atoms with Gasteiger partial charge in [0.15, 0.2) is 5.69 Å². The van der Waals surface area contributed by atoms with E-state index in [1.807, 2.05) is 36.5 Å². The number of hydrogen-bond acceptors (Lipinski definition) is 2. The quantitative estimate of drug-likeness (QED) is 0.304. The second kappa shape index (κ2) is 7.34. The highest BCUT2D eigenvalue weighted by atomic mass is 35.5. The topological polar surface area (TPSA) is 41.0 Å². The first-order valence-corrected chi connectivity index (χ1v) is 10.6. The van der Waals surface area contributed by atoms with E-state index in [0.29, 0.717) is 16.3 Å². The van der Waals surface area contributed by atoms with Gasteiger partial charge in [0.05, 0.1) is 12.6 Å². The summed E-state index contributed by atoms with van der Waals surface area (Å²) in [6, 6.07) is 22.1. The second-order valence-corrected chi connectivity index (χ2v) is 8.93. The molecule has 1 heterocycles. The zero-order chi connectivity index (χ0) is 22.5. The zero-order valence-electron chi connectivity index (χ0n) is 17.6. The van der Waals surface area contributed by atoms with Gasteiger partial charge in [-0.1, -0.05) is 43.6 Å². The molecule has 0 atom stereocenters. The predicted octanol–water partition coefficient (Wildman–Crippen LogP) is 7.80. The molecule has 3 nitrogen and oxygen atoms in total. The Labute approximate surface area is 192 Å². The van der Waals surface area contributed by atoms with Crippen LogP contribution < -0.4 is 0 Å². The van der Waals surface area contributed by atoms with Gasteiger partial charge < -0.3 is 0 Å². The second-order valence-electron chi connectivity index (χ2n) is 8.50. The molecular formula is C28H18ClN3. The van der Waals surface area contributed by atoms with Crippen LogP contribution in [0.25, 0.3) is 38.2 Å². The molecule has 0 saturated carbocycles. The number of halogens is 1. The molecule has 0 saturated heterocycles. The Morgan fingerprint density at radius 3 is 2.41 bits per heavy atom. The van der Waals surface area contributed by atoms with Gasteiger partial charge in [-0.3, -0.25) is 4.98 Å². The Balaban J connectivity index is 1.68. The normalized spacial score (nSPS) is 13.0. The van der Waals surface area contributed by atoms with Crippen LogP contribution in [-0.4, -0.2) is 4.98 Å². The highest BCUT2D eigenvalue weighted by molar-refractivity contribution is 6.31. The van der Waals surface area contributed by atoms with E-state index in [1.165, 1.54) is 0 Å². The molecule has 0 bridgehead atoms. The Morgan fingerprint density at radius 2 is 1.72 bits per heavy atom. The van der Waals surface area contributed by atoms with Crippen molar-refractivity contribution in [2.45, 2.75) is 19.3 Å². The molecule has 1 aliphatic rings. The Kier molecular flexibility index (Phi) is 4.59.